The zero-order valence-corrected chi connectivity index (χ0v) is 14.9. The van der Waals surface area contributed by atoms with E-state index in [1.165, 1.54) is 54.9 Å². The number of nitriles is 4. The van der Waals surface area contributed by atoms with Crippen molar-refractivity contribution in [2.45, 2.75) is 27.7 Å². The molecule has 0 heterocycles. The number of quaternary nitrogens is 1. The molecule has 0 aromatic heterocycles. The third kappa shape index (κ3) is 4.39. The summed E-state index contributed by atoms with van der Waals surface area (Å²) in [5.74, 6) is -1.83. The predicted molar refractivity (Wildman–Crippen MR) is 88.8 cm³/mol. The molecule has 130 valence electrons. The number of nitrogens with zero attached hydrogens (tertiary/aromatic N) is 5. The standard InChI is InChI=1S/C10H2N4O2.C8H20N/c11-1-5-6(2-12)10(16)8(4-14)7(3-13)9(5)15;1-5-9(6-2,7-3)8-4/h15-16H;5-8H2,1-4H3/q;+1/p-1. The largest absolute Gasteiger partial charge is 0.871 e. The summed E-state index contributed by atoms with van der Waals surface area (Å²) in [5, 5.41) is 55.5. The Balaban J connectivity index is 0.000000547. The van der Waals surface area contributed by atoms with E-state index in [1.54, 1.807) is 0 Å². The van der Waals surface area contributed by atoms with Gasteiger partial charge >= 0.3 is 0 Å². The molecule has 0 saturated heterocycles. The average Bonchev–Trinajstić information content (AvgIpc) is 2.65. The van der Waals surface area contributed by atoms with E-state index in [9.17, 15) is 10.2 Å². The maximum Gasteiger partial charge on any atom is 0.153 e. The molecule has 0 aliphatic rings. The highest BCUT2D eigenvalue weighted by atomic mass is 16.3. The zero-order valence-electron chi connectivity index (χ0n) is 14.9. The summed E-state index contributed by atoms with van der Waals surface area (Å²) >= 11 is 0. The van der Waals surface area contributed by atoms with Gasteiger partial charge in [0.25, 0.3) is 0 Å². The van der Waals surface area contributed by atoms with E-state index in [4.69, 9.17) is 21.0 Å². The van der Waals surface area contributed by atoms with Crippen LogP contribution in [-0.4, -0.2) is 35.8 Å². The lowest BCUT2D eigenvalue weighted by Crippen LogP contribution is -2.47. The van der Waals surface area contributed by atoms with Gasteiger partial charge < -0.3 is 14.7 Å². The highest BCUT2D eigenvalue weighted by Crippen LogP contribution is 2.34. The van der Waals surface area contributed by atoms with Crippen molar-refractivity contribution in [1.29, 1.82) is 21.0 Å². The third-order valence-corrected chi connectivity index (χ3v) is 4.56. The molecule has 7 heteroatoms. The summed E-state index contributed by atoms with van der Waals surface area (Å²) < 4.78 is 1.28. The summed E-state index contributed by atoms with van der Waals surface area (Å²) in [5.41, 5.74) is -2.42. The first-order valence-corrected chi connectivity index (χ1v) is 7.92. The Labute approximate surface area is 148 Å². The fourth-order valence-electron chi connectivity index (χ4n) is 2.49. The van der Waals surface area contributed by atoms with Gasteiger partial charge in [0, 0.05) is 0 Å². The second-order valence-corrected chi connectivity index (χ2v) is 5.23. The smallest absolute Gasteiger partial charge is 0.153 e. The number of benzene rings is 1. The van der Waals surface area contributed by atoms with Gasteiger partial charge in [-0.2, -0.15) is 21.0 Å². The minimum Gasteiger partial charge on any atom is -0.871 e. The topological polar surface area (TPSA) is 138 Å². The molecule has 0 fully saturated rings. The van der Waals surface area contributed by atoms with Crippen LogP contribution in [0, 0.1) is 45.3 Å². The number of rotatable bonds is 4. The minimum absolute atomic E-state index is 0.581. The van der Waals surface area contributed by atoms with Crippen LogP contribution >= 0.6 is 0 Å². The summed E-state index contributed by atoms with van der Waals surface area (Å²) in [6.45, 7) is 14.2. The van der Waals surface area contributed by atoms with E-state index in [1.807, 2.05) is 0 Å². The maximum atomic E-state index is 11.5. The number of phenols is 1. The van der Waals surface area contributed by atoms with E-state index in [0.29, 0.717) is 0 Å². The lowest BCUT2D eigenvalue weighted by atomic mass is 9.97. The van der Waals surface area contributed by atoms with Crippen LogP contribution < -0.4 is 5.11 Å². The van der Waals surface area contributed by atoms with E-state index >= 15 is 0 Å². The molecule has 1 rings (SSSR count). The second-order valence-electron chi connectivity index (χ2n) is 5.23. The van der Waals surface area contributed by atoms with Crippen LogP contribution in [0.25, 0.3) is 0 Å². The van der Waals surface area contributed by atoms with Gasteiger partial charge in [-0.15, -0.1) is 0 Å². The molecule has 1 aromatic carbocycles. The molecule has 0 saturated carbocycles. The molecule has 0 atom stereocenters. The van der Waals surface area contributed by atoms with Crippen LogP contribution in [0.3, 0.4) is 0 Å². The molecular weight excluding hydrogens is 318 g/mol. The average molecular weight is 339 g/mol. The Morgan fingerprint density at radius 3 is 1.16 bits per heavy atom. The normalized spacial score (nSPS) is 9.60. The third-order valence-electron chi connectivity index (χ3n) is 4.56. The highest BCUT2D eigenvalue weighted by Gasteiger charge is 2.19. The fourth-order valence-corrected chi connectivity index (χ4v) is 2.49. The lowest BCUT2D eigenvalue weighted by molar-refractivity contribution is -0.921. The Hall–Kier alpha value is -3.26. The van der Waals surface area contributed by atoms with Crippen LogP contribution in [0.4, 0.5) is 0 Å². The quantitative estimate of drug-likeness (QED) is 0.830. The van der Waals surface area contributed by atoms with E-state index in [2.05, 4.69) is 27.7 Å². The number of aromatic hydroxyl groups is 1. The van der Waals surface area contributed by atoms with E-state index in [0.717, 1.165) is 0 Å². The maximum absolute atomic E-state index is 11.5. The van der Waals surface area contributed by atoms with Crippen LogP contribution in [0.2, 0.25) is 0 Å². The van der Waals surface area contributed by atoms with Crippen molar-refractivity contribution in [3.63, 3.8) is 0 Å². The Morgan fingerprint density at radius 1 is 0.720 bits per heavy atom. The Kier molecular flexibility index (Phi) is 8.51. The molecular formula is C18H21N5O2. The van der Waals surface area contributed by atoms with E-state index in [-0.39, 0.29) is 0 Å². The zero-order chi connectivity index (χ0) is 19.6. The number of phenolic OH excluding ortho intramolecular Hbond substituents is 1. The molecule has 0 amide bonds. The molecule has 0 unspecified atom stereocenters. The van der Waals surface area contributed by atoms with Gasteiger partial charge in [0.1, 0.15) is 35.4 Å². The molecule has 7 nitrogen and oxygen atoms in total. The summed E-state index contributed by atoms with van der Waals surface area (Å²) in [6.07, 6.45) is 0. The monoisotopic (exact) mass is 339 g/mol. The van der Waals surface area contributed by atoms with Crippen molar-refractivity contribution in [2.75, 3.05) is 26.2 Å². The molecule has 0 radical (unpaired) electrons. The fraction of sp³-hybridized carbons (Fsp3) is 0.444. The second kappa shape index (κ2) is 9.78. The van der Waals surface area contributed by atoms with Gasteiger partial charge in [-0.25, -0.2) is 0 Å². The van der Waals surface area contributed by atoms with Gasteiger partial charge in [0.05, 0.1) is 37.3 Å². The Bertz CT molecular complexity index is 657. The molecule has 0 aliphatic heterocycles. The Morgan fingerprint density at radius 2 is 1.00 bits per heavy atom. The van der Waals surface area contributed by atoms with Crippen LogP contribution in [-0.2, 0) is 0 Å². The molecule has 25 heavy (non-hydrogen) atoms. The summed E-state index contributed by atoms with van der Waals surface area (Å²) in [4.78, 5) is 0. The SMILES string of the molecule is CC[N+](CC)(CC)CC.N#Cc1c([O-])c(C#N)c(C#N)c(O)c1C#N. The van der Waals surface area contributed by atoms with Gasteiger partial charge in [0.2, 0.25) is 0 Å². The molecule has 0 bridgehead atoms. The molecule has 1 N–H and O–H groups in total. The molecule has 0 spiro atoms. The van der Waals surface area contributed by atoms with Gasteiger partial charge in [-0.1, -0.05) is 5.75 Å². The van der Waals surface area contributed by atoms with Crippen LogP contribution in [0.15, 0.2) is 0 Å². The van der Waals surface area contributed by atoms with Gasteiger partial charge in [-0.3, -0.25) is 0 Å². The first kappa shape index (κ1) is 21.7. The highest BCUT2D eigenvalue weighted by molar-refractivity contribution is 5.71. The van der Waals surface area contributed by atoms with Crippen LogP contribution in [0.5, 0.6) is 11.5 Å². The number of hydrogen-bond donors (Lipinski definition) is 1. The van der Waals surface area contributed by atoms with Crippen molar-refractivity contribution < 1.29 is 14.7 Å². The molecule has 1 aromatic rings. The first-order chi connectivity index (χ1) is 11.9. The molecule has 0 aliphatic carbocycles. The van der Waals surface area contributed by atoms with Gasteiger partial charge in [0.15, 0.2) is 5.75 Å². The van der Waals surface area contributed by atoms with Crippen molar-refractivity contribution in [3.05, 3.63) is 22.3 Å². The van der Waals surface area contributed by atoms with E-state index < -0.39 is 33.8 Å². The number of hydrogen-bond acceptors (Lipinski definition) is 6. The summed E-state index contributed by atoms with van der Waals surface area (Å²) in [6, 6.07) is 5.75. The van der Waals surface area contributed by atoms with Crippen molar-refractivity contribution in [1.82, 2.24) is 0 Å². The van der Waals surface area contributed by atoms with Crippen LogP contribution in [0.1, 0.15) is 49.9 Å². The lowest BCUT2D eigenvalue weighted by Gasteiger charge is -2.34. The first-order valence-electron chi connectivity index (χ1n) is 7.92. The van der Waals surface area contributed by atoms with Crippen molar-refractivity contribution >= 4 is 0 Å². The van der Waals surface area contributed by atoms with Crippen molar-refractivity contribution in [2.24, 2.45) is 0 Å². The van der Waals surface area contributed by atoms with Crippen molar-refractivity contribution in [3.8, 4) is 35.8 Å². The van der Waals surface area contributed by atoms with Gasteiger partial charge in [-0.05, 0) is 27.7 Å². The predicted octanol–water partition coefficient (Wildman–Crippen LogP) is 1.84. The minimum atomic E-state index is -1.02. The summed E-state index contributed by atoms with van der Waals surface area (Å²) in [7, 11) is 0.